The molecule has 0 saturated heterocycles. The third kappa shape index (κ3) is 1.68. The van der Waals surface area contributed by atoms with Crippen molar-refractivity contribution in [3.05, 3.63) is 11.3 Å². The van der Waals surface area contributed by atoms with Crippen LogP contribution in [0.25, 0.3) is 0 Å². The van der Waals surface area contributed by atoms with E-state index in [2.05, 4.69) is 6.92 Å². The van der Waals surface area contributed by atoms with Gasteiger partial charge in [-0.1, -0.05) is 13.3 Å². The van der Waals surface area contributed by atoms with Crippen molar-refractivity contribution in [2.75, 3.05) is 5.73 Å². The Labute approximate surface area is 121 Å². The van der Waals surface area contributed by atoms with E-state index in [0.29, 0.717) is 5.41 Å². The highest BCUT2D eigenvalue weighted by molar-refractivity contribution is 5.50. The first kappa shape index (κ1) is 12.7. The standard InChI is InChI=1S/C17H27N3/c1-3-4-14-15(16(18)20(2)19-14)17-8-11-5-12(9-17)7-13(6-11)10-17/h11-13H,3-10,18H2,1-2H3. The molecule has 0 unspecified atom stereocenters. The summed E-state index contributed by atoms with van der Waals surface area (Å²) in [6.45, 7) is 2.24. The van der Waals surface area contributed by atoms with Crippen LogP contribution in [0.15, 0.2) is 0 Å². The molecule has 4 aliphatic carbocycles. The summed E-state index contributed by atoms with van der Waals surface area (Å²) >= 11 is 0. The number of anilines is 1. The van der Waals surface area contributed by atoms with E-state index in [1.807, 2.05) is 11.7 Å². The van der Waals surface area contributed by atoms with Crippen molar-refractivity contribution in [1.29, 1.82) is 0 Å². The molecule has 0 radical (unpaired) electrons. The molecular formula is C17H27N3. The zero-order valence-corrected chi connectivity index (χ0v) is 12.9. The average molecular weight is 273 g/mol. The Morgan fingerprint density at radius 1 is 1.15 bits per heavy atom. The van der Waals surface area contributed by atoms with Crippen LogP contribution in [0, 0.1) is 17.8 Å². The fourth-order valence-corrected chi connectivity index (χ4v) is 6.00. The van der Waals surface area contributed by atoms with E-state index >= 15 is 0 Å². The van der Waals surface area contributed by atoms with E-state index in [9.17, 15) is 0 Å². The maximum atomic E-state index is 6.46. The maximum Gasteiger partial charge on any atom is 0.125 e. The molecule has 5 rings (SSSR count). The van der Waals surface area contributed by atoms with Crippen molar-refractivity contribution in [3.63, 3.8) is 0 Å². The van der Waals surface area contributed by atoms with Gasteiger partial charge in [0.25, 0.3) is 0 Å². The van der Waals surface area contributed by atoms with Gasteiger partial charge in [0, 0.05) is 18.0 Å². The molecule has 0 aliphatic heterocycles. The Bertz CT molecular complexity index is 493. The molecule has 4 bridgehead atoms. The summed E-state index contributed by atoms with van der Waals surface area (Å²) in [4.78, 5) is 0. The molecule has 0 spiro atoms. The molecule has 0 amide bonds. The molecule has 4 saturated carbocycles. The summed E-state index contributed by atoms with van der Waals surface area (Å²) in [6.07, 6.45) is 10.9. The smallest absolute Gasteiger partial charge is 0.125 e. The molecule has 20 heavy (non-hydrogen) atoms. The first-order valence-corrected chi connectivity index (χ1v) is 8.43. The van der Waals surface area contributed by atoms with Crippen LogP contribution < -0.4 is 5.73 Å². The second kappa shape index (κ2) is 4.25. The maximum absolute atomic E-state index is 6.46. The number of rotatable bonds is 3. The first-order valence-electron chi connectivity index (χ1n) is 8.43. The van der Waals surface area contributed by atoms with E-state index in [1.165, 1.54) is 49.8 Å². The molecule has 3 heteroatoms. The highest BCUT2D eigenvalue weighted by atomic mass is 15.3. The van der Waals surface area contributed by atoms with Gasteiger partial charge < -0.3 is 5.73 Å². The van der Waals surface area contributed by atoms with Gasteiger partial charge in [-0.2, -0.15) is 5.10 Å². The van der Waals surface area contributed by atoms with Gasteiger partial charge in [0.1, 0.15) is 5.82 Å². The van der Waals surface area contributed by atoms with Crippen LogP contribution in [0.5, 0.6) is 0 Å². The highest BCUT2D eigenvalue weighted by Crippen LogP contribution is 2.61. The first-order chi connectivity index (χ1) is 9.61. The van der Waals surface area contributed by atoms with E-state index < -0.39 is 0 Å². The summed E-state index contributed by atoms with van der Waals surface area (Å²) in [5.74, 6) is 3.86. The molecule has 4 aliphatic rings. The molecule has 1 aromatic rings. The van der Waals surface area contributed by atoms with Crippen molar-refractivity contribution < 1.29 is 0 Å². The van der Waals surface area contributed by atoms with E-state index in [0.717, 1.165) is 36.4 Å². The number of aryl methyl sites for hydroxylation is 2. The molecule has 1 heterocycles. The van der Waals surface area contributed by atoms with Gasteiger partial charge in [-0.05, 0) is 62.7 Å². The Balaban J connectivity index is 1.80. The average Bonchev–Trinajstić information content (AvgIpc) is 2.64. The topological polar surface area (TPSA) is 43.8 Å². The number of hydrogen-bond acceptors (Lipinski definition) is 2. The Morgan fingerprint density at radius 2 is 1.70 bits per heavy atom. The second-order valence-corrected chi connectivity index (χ2v) is 7.78. The minimum absolute atomic E-state index is 0.387. The number of nitrogens with two attached hydrogens (primary N) is 1. The zero-order valence-electron chi connectivity index (χ0n) is 12.9. The van der Waals surface area contributed by atoms with Crippen LogP contribution in [-0.2, 0) is 18.9 Å². The summed E-state index contributed by atoms with van der Waals surface area (Å²) < 4.78 is 1.93. The van der Waals surface area contributed by atoms with Crippen molar-refractivity contribution in [2.45, 2.75) is 63.7 Å². The predicted octanol–water partition coefficient (Wildman–Crippen LogP) is 3.42. The van der Waals surface area contributed by atoms with Gasteiger partial charge in [-0.3, -0.25) is 4.68 Å². The van der Waals surface area contributed by atoms with Gasteiger partial charge in [0.15, 0.2) is 0 Å². The van der Waals surface area contributed by atoms with Crippen molar-refractivity contribution in [2.24, 2.45) is 24.8 Å². The number of hydrogen-bond donors (Lipinski definition) is 1. The van der Waals surface area contributed by atoms with E-state index in [-0.39, 0.29) is 0 Å². The lowest BCUT2D eigenvalue weighted by Gasteiger charge is -2.57. The second-order valence-electron chi connectivity index (χ2n) is 7.78. The Kier molecular flexibility index (Phi) is 2.71. The lowest BCUT2D eigenvalue weighted by atomic mass is 9.48. The fourth-order valence-electron chi connectivity index (χ4n) is 6.00. The SMILES string of the molecule is CCCc1nn(C)c(N)c1C12CC3CC(CC(C3)C1)C2. The van der Waals surface area contributed by atoms with Gasteiger partial charge >= 0.3 is 0 Å². The van der Waals surface area contributed by atoms with Crippen LogP contribution in [0.2, 0.25) is 0 Å². The minimum Gasteiger partial charge on any atom is -0.384 e. The molecule has 3 nitrogen and oxygen atoms in total. The number of aromatic nitrogens is 2. The lowest BCUT2D eigenvalue weighted by Crippen LogP contribution is -2.49. The number of nitrogen functional groups attached to an aromatic ring is 1. The normalized spacial score (nSPS) is 38.6. The van der Waals surface area contributed by atoms with Crippen LogP contribution in [0.4, 0.5) is 5.82 Å². The Morgan fingerprint density at radius 3 is 2.20 bits per heavy atom. The zero-order chi connectivity index (χ0) is 13.9. The monoisotopic (exact) mass is 273 g/mol. The minimum atomic E-state index is 0.387. The fraction of sp³-hybridized carbons (Fsp3) is 0.824. The lowest BCUT2D eigenvalue weighted by molar-refractivity contribution is -0.00524. The van der Waals surface area contributed by atoms with Crippen LogP contribution in [0.3, 0.4) is 0 Å². The molecule has 1 aromatic heterocycles. The molecule has 2 N–H and O–H groups in total. The predicted molar refractivity (Wildman–Crippen MR) is 81.5 cm³/mol. The third-order valence-corrected chi connectivity index (χ3v) is 6.22. The summed E-state index contributed by atoms with van der Waals surface area (Å²) in [6, 6.07) is 0. The largest absolute Gasteiger partial charge is 0.384 e. The number of nitrogens with zero attached hydrogens (tertiary/aromatic N) is 2. The van der Waals surface area contributed by atoms with E-state index in [1.54, 1.807) is 0 Å². The molecule has 4 fully saturated rings. The van der Waals surface area contributed by atoms with E-state index in [4.69, 9.17) is 10.8 Å². The van der Waals surface area contributed by atoms with Crippen molar-refractivity contribution in [1.82, 2.24) is 9.78 Å². The van der Waals surface area contributed by atoms with Crippen molar-refractivity contribution in [3.8, 4) is 0 Å². The van der Waals surface area contributed by atoms with Gasteiger partial charge in [0.2, 0.25) is 0 Å². The summed E-state index contributed by atoms with van der Waals surface area (Å²) in [7, 11) is 2.01. The quantitative estimate of drug-likeness (QED) is 0.917. The molecule has 0 aromatic carbocycles. The van der Waals surface area contributed by atoms with Gasteiger partial charge in [-0.15, -0.1) is 0 Å². The molecule has 0 atom stereocenters. The highest BCUT2D eigenvalue weighted by Gasteiger charge is 2.53. The van der Waals surface area contributed by atoms with Gasteiger partial charge in [-0.25, -0.2) is 0 Å². The van der Waals surface area contributed by atoms with Gasteiger partial charge in [0.05, 0.1) is 5.69 Å². The molecule has 110 valence electrons. The van der Waals surface area contributed by atoms with Crippen LogP contribution >= 0.6 is 0 Å². The van der Waals surface area contributed by atoms with Crippen molar-refractivity contribution >= 4 is 5.82 Å². The van der Waals surface area contributed by atoms with Crippen LogP contribution in [-0.4, -0.2) is 9.78 Å². The third-order valence-electron chi connectivity index (χ3n) is 6.22. The van der Waals surface area contributed by atoms with Crippen LogP contribution in [0.1, 0.15) is 63.1 Å². The summed E-state index contributed by atoms with van der Waals surface area (Å²) in [5.41, 5.74) is 9.60. The summed E-state index contributed by atoms with van der Waals surface area (Å²) in [5, 5.41) is 4.75. The molecular weight excluding hydrogens is 246 g/mol. The Hall–Kier alpha value is -0.990.